The van der Waals surface area contributed by atoms with E-state index in [0.29, 0.717) is 12.8 Å². The molecule has 5 heteroatoms. The van der Waals surface area contributed by atoms with Gasteiger partial charge in [0.2, 0.25) is 0 Å². The van der Waals surface area contributed by atoms with E-state index in [1.165, 1.54) is 0 Å². The van der Waals surface area contributed by atoms with Gasteiger partial charge >= 0.3 is 5.97 Å². The summed E-state index contributed by atoms with van der Waals surface area (Å²) in [6.07, 6.45) is 5.65. The quantitative estimate of drug-likeness (QED) is 0.892. The number of hydrogen-bond donors (Lipinski definition) is 1. The zero-order valence-electron chi connectivity index (χ0n) is 9.78. The van der Waals surface area contributed by atoms with Gasteiger partial charge in [0.25, 0.3) is 0 Å². The number of hydrogen-bond acceptors (Lipinski definition) is 3. The Morgan fingerprint density at radius 2 is 2.11 bits per heavy atom. The van der Waals surface area contributed by atoms with E-state index in [1.807, 2.05) is 24.3 Å². The van der Waals surface area contributed by atoms with E-state index < -0.39 is 11.4 Å². The number of carbonyl (C=O) groups is 1. The van der Waals surface area contributed by atoms with Crippen molar-refractivity contribution in [2.24, 2.45) is 0 Å². The summed E-state index contributed by atoms with van der Waals surface area (Å²) < 4.78 is 1.62. The molecule has 5 nitrogen and oxygen atoms in total. The van der Waals surface area contributed by atoms with Crippen LogP contribution < -0.4 is 0 Å². The first-order valence-electron chi connectivity index (χ1n) is 5.94. The first kappa shape index (κ1) is 11.0. The van der Waals surface area contributed by atoms with Gasteiger partial charge < -0.3 is 5.11 Å². The molecule has 1 fully saturated rings. The van der Waals surface area contributed by atoms with Crippen LogP contribution in [-0.4, -0.2) is 26.1 Å². The fourth-order valence-electron chi connectivity index (χ4n) is 2.54. The van der Waals surface area contributed by atoms with Gasteiger partial charge in [-0.25, -0.2) is 4.68 Å². The first-order valence-corrected chi connectivity index (χ1v) is 5.94. The van der Waals surface area contributed by atoms with Gasteiger partial charge in [-0.3, -0.25) is 4.79 Å². The monoisotopic (exact) mass is 243 g/mol. The van der Waals surface area contributed by atoms with Crippen LogP contribution in [0.15, 0.2) is 36.7 Å². The SMILES string of the molecule is O=C(O)C1(c2ccccc2-n2ccnn2)CCC1. The minimum atomic E-state index is -0.749. The van der Waals surface area contributed by atoms with Crippen LogP contribution >= 0.6 is 0 Å². The van der Waals surface area contributed by atoms with Crippen molar-refractivity contribution < 1.29 is 9.90 Å². The van der Waals surface area contributed by atoms with Crippen molar-refractivity contribution in [2.75, 3.05) is 0 Å². The number of rotatable bonds is 3. The largest absolute Gasteiger partial charge is 0.481 e. The van der Waals surface area contributed by atoms with Gasteiger partial charge in [-0.1, -0.05) is 29.8 Å². The van der Waals surface area contributed by atoms with Gasteiger partial charge in [0.05, 0.1) is 23.5 Å². The first-order chi connectivity index (χ1) is 8.74. The van der Waals surface area contributed by atoms with Gasteiger partial charge in [-0.05, 0) is 24.5 Å². The standard InChI is InChI=1S/C13H13N3O2/c17-12(18)13(6-3-7-13)10-4-1-2-5-11(10)16-9-8-14-15-16/h1-2,4-5,8-9H,3,6-7H2,(H,17,18). The van der Waals surface area contributed by atoms with E-state index >= 15 is 0 Å². The van der Waals surface area contributed by atoms with Crippen LogP contribution in [0.25, 0.3) is 5.69 Å². The number of para-hydroxylation sites is 1. The third kappa shape index (κ3) is 1.44. The third-order valence-electron chi connectivity index (χ3n) is 3.71. The molecule has 1 aliphatic rings. The second-order valence-electron chi connectivity index (χ2n) is 4.61. The van der Waals surface area contributed by atoms with Crippen LogP contribution in [0, 0.1) is 0 Å². The summed E-state index contributed by atoms with van der Waals surface area (Å²) in [6, 6.07) is 7.52. The Bertz CT molecular complexity index is 574. The lowest BCUT2D eigenvalue weighted by Crippen LogP contribution is -2.43. The zero-order valence-corrected chi connectivity index (χ0v) is 9.78. The lowest BCUT2D eigenvalue weighted by atomic mass is 9.64. The molecule has 3 rings (SSSR count). The van der Waals surface area contributed by atoms with Crippen LogP contribution in [0.5, 0.6) is 0 Å². The highest BCUT2D eigenvalue weighted by Gasteiger charge is 2.47. The second kappa shape index (κ2) is 3.94. The maximum atomic E-state index is 11.6. The van der Waals surface area contributed by atoms with Crippen LogP contribution in [0.2, 0.25) is 0 Å². The Morgan fingerprint density at radius 3 is 2.67 bits per heavy atom. The molecule has 18 heavy (non-hydrogen) atoms. The van der Waals surface area contributed by atoms with Gasteiger partial charge in [0.1, 0.15) is 0 Å². The summed E-state index contributed by atoms with van der Waals surface area (Å²) >= 11 is 0. The summed E-state index contributed by atoms with van der Waals surface area (Å²) in [5.41, 5.74) is 0.883. The number of aromatic nitrogens is 3. The molecule has 1 aliphatic carbocycles. The lowest BCUT2D eigenvalue weighted by Gasteiger charge is -2.39. The predicted octanol–water partition coefficient (Wildman–Crippen LogP) is 1.77. The molecule has 92 valence electrons. The van der Waals surface area contributed by atoms with Crippen LogP contribution in [0.3, 0.4) is 0 Å². The van der Waals surface area contributed by atoms with Crippen molar-refractivity contribution in [3.8, 4) is 5.69 Å². The molecule has 1 heterocycles. The predicted molar refractivity (Wildman–Crippen MR) is 64.5 cm³/mol. The molecular weight excluding hydrogens is 230 g/mol. The average molecular weight is 243 g/mol. The summed E-state index contributed by atoms with van der Waals surface area (Å²) in [5, 5.41) is 17.2. The number of benzene rings is 1. The van der Waals surface area contributed by atoms with Crippen molar-refractivity contribution in [3.05, 3.63) is 42.2 Å². The molecule has 0 spiro atoms. The summed E-state index contributed by atoms with van der Waals surface area (Å²) in [6.45, 7) is 0. The highest BCUT2D eigenvalue weighted by Crippen LogP contribution is 2.45. The highest BCUT2D eigenvalue weighted by atomic mass is 16.4. The molecule has 0 bridgehead atoms. The van der Waals surface area contributed by atoms with Crippen molar-refractivity contribution >= 4 is 5.97 Å². The zero-order chi connectivity index (χ0) is 12.6. The fraction of sp³-hybridized carbons (Fsp3) is 0.308. The molecule has 0 radical (unpaired) electrons. The van der Waals surface area contributed by atoms with Crippen molar-refractivity contribution in [3.63, 3.8) is 0 Å². The van der Waals surface area contributed by atoms with E-state index in [0.717, 1.165) is 17.7 Å². The summed E-state index contributed by atoms with van der Waals surface area (Å²) in [7, 11) is 0. The van der Waals surface area contributed by atoms with E-state index in [1.54, 1.807) is 17.1 Å². The molecule has 0 unspecified atom stereocenters. The normalized spacial score (nSPS) is 17.1. The molecular formula is C13H13N3O2. The van der Waals surface area contributed by atoms with E-state index in [4.69, 9.17) is 0 Å². The number of carboxylic acids is 1. The Morgan fingerprint density at radius 1 is 1.33 bits per heavy atom. The maximum Gasteiger partial charge on any atom is 0.314 e. The van der Waals surface area contributed by atoms with Crippen molar-refractivity contribution in [1.29, 1.82) is 0 Å². The van der Waals surface area contributed by atoms with E-state index in [-0.39, 0.29) is 0 Å². The molecule has 0 saturated heterocycles. The summed E-state index contributed by atoms with van der Waals surface area (Å²) in [5.74, 6) is -0.749. The topological polar surface area (TPSA) is 68.0 Å². The Kier molecular flexibility index (Phi) is 2.40. The molecule has 0 atom stereocenters. The molecule has 1 aromatic carbocycles. The van der Waals surface area contributed by atoms with Gasteiger partial charge in [0.15, 0.2) is 0 Å². The lowest BCUT2D eigenvalue weighted by molar-refractivity contribution is -0.147. The number of nitrogens with zero attached hydrogens (tertiary/aromatic N) is 3. The van der Waals surface area contributed by atoms with Crippen molar-refractivity contribution in [1.82, 2.24) is 15.0 Å². The van der Waals surface area contributed by atoms with E-state index in [2.05, 4.69) is 10.3 Å². The maximum absolute atomic E-state index is 11.6. The smallest absolute Gasteiger partial charge is 0.314 e. The van der Waals surface area contributed by atoms with Gasteiger partial charge in [-0.2, -0.15) is 0 Å². The molecule has 0 amide bonds. The van der Waals surface area contributed by atoms with Crippen molar-refractivity contribution in [2.45, 2.75) is 24.7 Å². The Labute approximate surface area is 104 Å². The van der Waals surface area contributed by atoms with E-state index in [9.17, 15) is 9.90 Å². The van der Waals surface area contributed by atoms with Gasteiger partial charge in [0, 0.05) is 0 Å². The highest BCUT2D eigenvalue weighted by molar-refractivity contribution is 5.84. The van der Waals surface area contributed by atoms with Crippen LogP contribution in [0.4, 0.5) is 0 Å². The molecule has 1 saturated carbocycles. The minimum absolute atomic E-state index is 0.689. The minimum Gasteiger partial charge on any atom is -0.481 e. The Hall–Kier alpha value is -2.17. The van der Waals surface area contributed by atoms with Crippen LogP contribution in [-0.2, 0) is 10.2 Å². The molecule has 1 N–H and O–H groups in total. The molecule has 1 aromatic heterocycles. The van der Waals surface area contributed by atoms with Gasteiger partial charge in [-0.15, -0.1) is 5.10 Å². The fourth-order valence-corrected chi connectivity index (χ4v) is 2.54. The third-order valence-corrected chi connectivity index (χ3v) is 3.71. The molecule has 0 aliphatic heterocycles. The van der Waals surface area contributed by atoms with Crippen LogP contribution in [0.1, 0.15) is 24.8 Å². The Balaban J connectivity index is 2.15. The second-order valence-corrected chi connectivity index (χ2v) is 4.61. The average Bonchev–Trinajstić information content (AvgIpc) is 2.81. The molecule has 2 aromatic rings. The number of aliphatic carboxylic acids is 1. The number of carboxylic acid groups (broad SMARTS) is 1. The summed E-state index contributed by atoms with van der Waals surface area (Å²) in [4.78, 5) is 11.6.